The summed E-state index contributed by atoms with van der Waals surface area (Å²) in [6, 6.07) is 7.57. The number of rotatable bonds is 3. The van der Waals surface area contributed by atoms with Gasteiger partial charge in [-0.1, -0.05) is 22.0 Å². The fraction of sp³-hybridized carbons (Fsp3) is 0.333. The van der Waals surface area contributed by atoms with Crippen molar-refractivity contribution in [2.24, 2.45) is 5.92 Å². The first-order valence-corrected chi connectivity index (χ1v) is 9.59. The molecule has 3 N–H and O–H groups in total. The number of nitrogens with one attached hydrogen (secondary N) is 3. The Morgan fingerprint density at radius 3 is 2.85 bits per heavy atom. The van der Waals surface area contributed by atoms with E-state index < -0.39 is 0 Å². The zero-order valence-electron chi connectivity index (χ0n) is 14.5. The molecule has 27 heavy (non-hydrogen) atoms. The standard InChI is InChI=1S/C18H19BrN6O2/c19-12-2-1-3-13(8-12)23-18(27)11-4-6-25(7-5-11)17-15-16(21-10-22-17)20-9-14(26)24-15/h1-3,8,10-11H,4-7,9H2,(H,23,27)(H,24,26)(H,20,21,22). The molecule has 0 spiro atoms. The van der Waals surface area contributed by atoms with Crippen molar-refractivity contribution >= 4 is 50.8 Å². The third-order valence-electron chi connectivity index (χ3n) is 4.77. The molecule has 0 atom stereocenters. The van der Waals surface area contributed by atoms with Crippen LogP contribution in [-0.2, 0) is 9.59 Å². The van der Waals surface area contributed by atoms with Gasteiger partial charge in [0.05, 0.1) is 6.54 Å². The predicted octanol–water partition coefficient (Wildman–Crippen LogP) is 2.46. The third kappa shape index (κ3) is 3.87. The zero-order chi connectivity index (χ0) is 18.8. The molecule has 0 unspecified atom stereocenters. The number of nitrogens with zero attached hydrogens (tertiary/aromatic N) is 3. The first-order chi connectivity index (χ1) is 13.1. The normalized spacial score (nSPS) is 16.9. The topological polar surface area (TPSA) is 99.2 Å². The number of aromatic nitrogens is 2. The summed E-state index contributed by atoms with van der Waals surface area (Å²) in [5.74, 6) is 1.21. The number of fused-ring (bicyclic) bond motifs is 1. The molecule has 0 aliphatic carbocycles. The molecule has 140 valence electrons. The molecule has 3 heterocycles. The van der Waals surface area contributed by atoms with Crippen molar-refractivity contribution in [3.05, 3.63) is 35.1 Å². The minimum atomic E-state index is -0.109. The highest BCUT2D eigenvalue weighted by molar-refractivity contribution is 9.10. The van der Waals surface area contributed by atoms with Gasteiger partial charge in [-0.3, -0.25) is 9.59 Å². The number of anilines is 4. The molecule has 0 radical (unpaired) electrons. The van der Waals surface area contributed by atoms with Gasteiger partial charge in [0.2, 0.25) is 11.8 Å². The van der Waals surface area contributed by atoms with Crippen LogP contribution in [0, 0.1) is 5.92 Å². The van der Waals surface area contributed by atoms with Gasteiger partial charge in [0, 0.05) is 29.2 Å². The van der Waals surface area contributed by atoms with Crippen LogP contribution in [0.1, 0.15) is 12.8 Å². The largest absolute Gasteiger partial charge is 0.359 e. The maximum absolute atomic E-state index is 12.6. The minimum absolute atomic E-state index is 0.0347. The predicted molar refractivity (Wildman–Crippen MR) is 107 cm³/mol. The Morgan fingerprint density at radius 1 is 1.26 bits per heavy atom. The Bertz CT molecular complexity index is 882. The lowest BCUT2D eigenvalue weighted by atomic mass is 9.95. The summed E-state index contributed by atoms with van der Waals surface area (Å²) in [6.07, 6.45) is 2.94. The van der Waals surface area contributed by atoms with Crippen LogP contribution in [0.25, 0.3) is 0 Å². The molecule has 9 heteroatoms. The van der Waals surface area contributed by atoms with Gasteiger partial charge in [-0.05, 0) is 31.0 Å². The quantitative estimate of drug-likeness (QED) is 0.691. The summed E-state index contributed by atoms with van der Waals surface area (Å²) in [4.78, 5) is 34.9. The van der Waals surface area contributed by atoms with E-state index in [-0.39, 0.29) is 24.3 Å². The van der Waals surface area contributed by atoms with Gasteiger partial charge in [-0.2, -0.15) is 0 Å². The molecule has 2 aliphatic rings. The van der Waals surface area contributed by atoms with Crippen molar-refractivity contribution in [2.45, 2.75) is 12.8 Å². The fourth-order valence-electron chi connectivity index (χ4n) is 3.38. The van der Waals surface area contributed by atoms with Crippen LogP contribution >= 0.6 is 15.9 Å². The summed E-state index contributed by atoms with van der Waals surface area (Å²) in [5, 5.41) is 8.82. The lowest BCUT2D eigenvalue weighted by Crippen LogP contribution is -2.39. The number of benzene rings is 1. The average molecular weight is 431 g/mol. The van der Waals surface area contributed by atoms with E-state index in [9.17, 15) is 9.59 Å². The minimum Gasteiger partial charge on any atom is -0.359 e. The number of piperidine rings is 1. The van der Waals surface area contributed by atoms with E-state index in [1.165, 1.54) is 6.33 Å². The van der Waals surface area contributed by atoms with E-state index in [4.69, 9.17) is 0 Å². The molecule has 1 aromatic heterocycles. The van der Waals surface area contributed by atoms with Gasteiger partial charge in [0.1, 0.15) is 12.0 Å². The Kier molecular flexibility index (Phi) is 4.93. The molecule has 0 saturated carbocycles. The second-order valence-electron chi connectivity index (χ2n) is 6.58. The SMILES string of the molecule is O=C1CNc2ncnc(N3CCC(C(=O)Nc4cccc(Br)c4)CC3)c2N1. The van der Waals surface area contributed by atoms with E-state index in [1.807, 2.05) is 24.3 Å². The maximum atomic E-state index is 12.6. The molecule has 4 rings (SSSR count). The van der Waals surface area contributed by atoms with E-state index in [0.29, 0.717) is 30.4 Å². The zero-order valence-corrected chi connectivity index (χ0v) is 16.1. The van der Waals surface area contributed by atoms with Crippen LogP contribution in [0.2, 0.25) is 0 Å². The number of hydrogen-bond donors (Lipinski definition) is 3. The molecular weight excluding hydrogens is 412 g/mol. The molecule has 8 nitrogen and oxygen atoms in total. The van der Waals surface area contributed by atoms with Gasteiger partial charge in [-0.25, -0.2) is 9.97 Å². The fourth-order valence-corrected chi connectivity index (χ4v) is 3.78. The summed E-state index contributed by atoms with van der Waals surface area (Å²) < 4.78 is 0.930. The van der Waals surface area contributed by atoms with Crippen LogP contribution in [-0.4, -0.2) is 41.4 Å². The smallest absolute Gasteiger partial charge is 0.243 e. The Morgan fingerprint density at radius 2 is 2.07 bits per heavy atom. The van der Waals surface area contributed by atoms with Crippen molar-refractivity contribution < 1.29 is 9.59 Å². The van der Waals surface area contributed by atoms with Crippen molar-refractivity contribution in [1.82, 2.24) is 9.97 Å². The number of amides is 2. The highest BCUT2D eigenvalue weighted by Gasteiger charge is 2.29. The van der Waals surface area contributed by atoms with Gasteiger partial charge in [0.25, 0.3) is 0 Å². The third-order valence-corrected chi connectivity index (χ3v) is 5.26. The summed E-state index contributed by atoms with van der Waals surface area (Å²) in [5.41, 5.74) is 1.40. The molecule has 1 saturated heterocycles. The van der Waals surface area contributed by atoms with Crippen molar-refractivity contribution in [3.8, 4) is 0 Å². The lowest BCUT2D eigenvalue weighted by molar-refractivity contribution is -0.120. The van der Waals surface area contributed by atoms with Crippen LogP contribution in [0.15, 0.2) is 35.1 Å². The molecule has 1 fully saturated rings. The average Bonchev–Trinajstić information content (AvgIpc) is 2.67. The summed E-state index contributed by atoms with van der Waals surface area (Å²) in [7, 11) is 0. The van der Waals surface area contributed by atoms with E-state index in [0.717, 1.165) is 23.0 Å². The number of carbonyl (C=O) groups is 2. The second kappa shape index (κ2) is 7.51. The van der Waals surface area contributed by atoms with E-state index in [2.05, 4.69) is 46.7 Å². The van der Waals surface area contributed by atoms with Crippen LogP contribution in [0.4, 0.5) is 23.0 Å². The Hall–Kier alpha value is -2.68. The van der Waals surface area contributed by atoms with Crippen molar-refractivity contribution in [3.63, 3.8) is 0 Å². The molecule has 2 amide bonds. The van der Waals surface area contributed by atoms with Crippen LogP contribution in [0.5, 0.6) is 0 Å². The van der Waals surface area contributed by atoms with Crippen molar-refractivity contribution in [2.75, 3.05) is 40.5 Å². The maximum Gasteiger partial charge on any atom is 0.243 e. The second-order valence-corrected chi connectivity index (χ2v) is 7.50. The summed E-state index contributed by atoms with van der Waals surface area (Å²) in [6.45, 7) is 1.59. The monoisotopic (exact) mass is 430 g/mol. The van der Waals surface area contributed by atoms with Crippen LogP contribution in [0.3, 0.4) is 0 Å². The first-order valence-electron chi connectivity index (χ1n) is 8.80. The first kappa shape index (κ1) is 17.7. The van der Waals surface area contributed by atoms with Gasteiger partial charge >= 0.3 is 0 Å². The Balaban J connectivity index is 1.41. The van der Waals surface area contributed by atoms with Crippen molar-refractivity contribution in [1.29, 1.82) is 0 Å². The van der Waals surface area contributed by atoms with E-state index in [1.54, 1.807) is 0 Å². The number of hydrogen-bond acceptors (Lipinski definition) is 6. The van der Waals surface area contributed by atoms with E-state index >= 15 is 0 Å². The number of carbonyl (C=O) groups excluding carboxylic acids is 2. The molecular formula is C18H19BrN6O2. The van der Waals surface area contributed by atoms with Gasteiger partial charge in [-0.15, -0.1) is 0 Å². The molecule has 1 aromatic carbocycles. The Labute approximate surface area is 164 Å². The van der Waals surface area contributed by atoms with Crippen LogP contribution < -0.4 is 20.9 Å². The highest BCUT2D eigenvalue weighted by Crippen LogP contribution is 2.33. The van der Waals surface area contributed by atoms with Gasteiger partial charge < -0.3 is 20.9 Å². The highest BCUT2D eigenvalue weighted by atomic mass is 79.9. The molecule has 2 aromatic rings. The molecule has 0 bridgehead atoms. The van der Waals surface area contributed by atoms with Gasteiger partial charge in [0.15, 0.2) is 11.6 Å². The lowest BCUT2D eigenvalue weighted by Gasteiger charge is -2.34. The summed E-state index contributed by atoms with van der Waals surface area (Å²) >= 11 is 3.41. The number of halogens is 1. The molecule has 2 aliphatic heterocycles.